The van der Waals surface area contributed by atoms with E-state index < -0.39 is 0 Å². The zero-order chi connectivity index (χ0) is 21.0. The number of fused-ring (bicyclic) bond motifs is 1. The summed E-state index contributed by atoms with van der Waals surface area (Å²) in [6.45, 7) is 6.88. The maximum Gasteiger partial charge on any atom is 0.234 e. The highest BCUT2D eigenvalue weighted by Gasteiger charge is 2.32. The van der Waals surface area contributed by atoms with E-state index in [4.69, 9.17) is 16.6 Å². The molecule has 2 aromatic rings. The number of anilines is 1. The van der Waals surface area contributed by atoms with E-state index in [-0.39, 0.29) is 17.1 Å². The van der Waals surface area contributed by atoms with Crippen LogP contribution >= 0.6 is 23.4 Å². The molecule has 1 unspecified atom stereocenters. The number of carbonyl (C=O) groups is 1. The van der Waals surface area contributed by atoms with Crippen LogP contribution in [0.2, 0.25) is 5.02 Å². The van der Waals surface area contributed by atoms with E-state index >= 15 is 0 Å². The Kier molecular flexibility index (Phi) is 6.87. The topological polar surface area (TPSA) is 65.8 Å². The molecule has 0 aliphatic heterocycles. The molecule has 0 fully saturated rings. The second-order valence-corrected chi connectivity index (χ2v) is 9.53. The number of pyridine rings is 1. The Balaban J connectivity index is 1.71. The summed E-state index contributed by atoms with van der Waals surface area (Å²) in [6.07, 6.45) is 4.15. The van der Waals surface area contributed by atoms with Gasteiger partial charge in [0.25, 0.3) is 0 Å². The van der Waals surface area contributed by atoms with Crippen molar-refractivity contribution in [2.24, 2.45) is 11.3 Å². The van der Waals surface area contributed by atoms with Gasteiger partial charge in [-0.05, 0) is 54.4 Å². The van der Waals surface area contributed by atoms with Crippen molar-refractivity contribution in [1.82, 2.24) is 4.98 Å². The fourth-order valence-electron chi connectivity index (χ4n) is 3.67. The number of carbonyl (C=O) groups excluding carboxylic acids is 1. The number of thioether (sulfide) groups is 1. The third-order valence-electron chi connectivity index (χ3n) is 5.98. The Bertz CT molecular complexity index is 952. The van der Waals surface area contributed by atoms with Crippen LogP contribution in [-0.2, 0) is 17.6 Å². The number of aromatic nitrogens is 1. The minimum absolute atomic E-state index is 0.170. The van der Waals surface area contributed by atoms with E-state index in [1.165, 1.54) is 17.3 Å². The van der Waals surface area contributed by atoms with E-state index in [1.807, 2.05) is 18.2 Å². The van der Waals surface area contributed by atoms with Crippen LogP contribution in [0.5, 0.6) is 0 Å². The van der Waals surface area contributed by atoms with Gasteiger partial charge >= 0.3 is 0 Å². The molecule has 0 bridgehead atoms. The molecular formula is C23H26ClN3OS. The Labute approximate surface area is 182 Å². The van der Waals surface area contributed by atoms with Crippen molar-refractivity contribution >= 4 is 35.0 Å². The molecule has 4 nitrogen and oxygen atoms in total. The van der Waals surface area contributed by atoms with Crippen LogP contribution in [0.3, 0.4) is 0 Å². The van der Waals surface area contributed by atoms with Crippen LogP contribution in [0.4, 0.5) is 5.69 Å². The van der Waals surface area contributed by atoms with Crippen LogP contribution < -0.4 is 5.32 Å². The number of hydrogen-bond donors (Lipinski definition) is 1. The first-order chi connectivity index (χ1) is 13.8. The van der Waals surface area contributed by atoms with Crippen LogP contribution in [0.25, 0.3) is 0 Å². The van der Waals surface area contributed by atoms with Crippen molar-refractivity contribution in [3.63, 3.8) is 0 Å². The van der Waals surface area contributed by atoms with Gasteiger partial charge in [0.15, 0.2) is 0 Å². The molecule has 1 N–H and O–H groups in total. The molecule has 0 saturated heterocycles. The summed E-state index contributed by atoms with van der Waals surface area (Å²) < 4.78 is 0. The molecule has 1 aromatic heterocycles. The minimum Gasteiger partial charge on any atom is -0.324 e. The standard InChI is InChI=1S/C23H26ClN3OS/c1-4-23(2,3)17-9-10-19-15(12-17)11-16(13-25)22(27-19)29-14-21(28)26-20-8-6-5-7-18(20)24/h5-8,11,17H,4,9-10,12,14H2,1-3H3,(H,26,28). The van der Waals surface area contributed by atoms with Crippen LogP contribution in [-0.4, -0.2) is 16.6 Å². The second-order valence-electron chi connectivity index (χ2n) is 8.16. The first-order valence-electron chi connectivity index (χ1n) is 9.94. The van der Waals surface area contributed by atoms with Gasteiger partial charge in [0.05, 0.1) is 22.0 Å². The van der Waals surface area contributed by atoms with Crippen molar-refractivity contribution in [3.8, 4) is 6.07 Å². The van der Waals surface area contributed by atoms with E-state index in [0.29, 0.717) is 27.2 Å². The molecule has 29 heavy (non-hydrogen) atoms. The summed E-state index contributed by atoms with van der Waals surface area (Å²) in [5.74, 6) is 0.612. The number of aryl methyl sites for hydroxylation is 1. The lowest BCUT2D eigenvalue weighted by Gasteiger charge is -2.37. The molecule has 1 aliphatic rings. The van der Waals surface area contributed by atoms with Crippen molar-refractivity contribution in [2.75, 3.05) is 11.1 Å². The SMILES string of the molecule is CCC(C)(C)C1CCc2nc(SCC(=O)Nc3ccccc3Cl)c(C#N)cc2C1. The average molecular weight is 428 g/mol. The van der Waals surface area contributed by atoms with Gasteiger partial charge < -0.3 is 5.32 Å². The summed E-state index contributed by atoms with van der Waals surface area (Å²) in [7, 11) is 0. The predicted molar refractivity (Wildman–Crippen MR) is 119 cm³/mol. The molecule has 6 heteroatoms. The number of rotatable bonds is 6. The van der Waals surface area contributed by atoms with Gasteiger partial charge in [0, 0.05) is 5.69 Å². The smallest absolute Gasteiger partial charge is 0.234 e. The van der Waals surface area contributed by atoms with Gasteiger partial charge in [-0.15, -0.1) is 0 Å². The average Bonchev–Trinajstić information content (AvgIpc) is 2.72. The lowest BCUT2D eigenvalue weighted by molar-refractivity contribution is -0.113. The molecule has 1 atom stereocenters. The molecule has 0 spiro atoms. The Morgan fingerprint density at radius 3 is 2.86 bits per heavy atom. The molecule has 3 rings (SSSR count). The summed E-state index contributed by atoms with van der Waals surface area (Å²) >= 11 is 7.39. The highest BCUT2D eigenvalue weighted by molar-refractivity contribution is 8.00. The normalized spacial score (nSPS) is 16.0. The van der Waals surface area contributed by atoms with E-state index in [2.05, 4.69) is 32.2 Å². The van der Waals surface area contributed by atoms with E-state index in [1.54, 1.807) is 12.1 Å². The highest BCUT2D eigenvalue weighted by Crippen LogP contribution is 2.40. The third kappa shape index (κ3) is 5.12. The van der Waals surface area contributed by atoms with Gasteiger partial charge in [-0.3, -0.25) is 4.79 Å². The maximum atomic E-state index is 12.3. The first-order valence-corrected chi connectivity index (χ1v) is 11.3. The van der Waals surface area contributed by atoms with Crippen molar-refractivity contribution in [2.45, 2.75) is 51.5 Å². The number of hydrogen-bond acceptors (Lipinski definition) is 4. The van der Waals surface area contributed by atoms with Crippen molar-refractivity contribution in [3.05, 3.63) is 52.2 Å². The zero-order valence-electron chi connectivity index (χ0n) is 17.1. The Morgan fingerprint density at radius 1 is 1.41 bits per heavy atom. The van der Waals surface area contributed by atoms with Gasteiger partial charge in [-0.25, -0.2) is 4.98 Å². The number of nitrogens with zero attached hydrogens (tertiary/aromatic N) is 2. The quantitative estimate of drug-likeness (QED) is 0.584. The Morgan fingerprint density at radius 2 is 2.17 bits per heavy atom. The Hall–Kier alpha value is -2.03. The van der Waals surface area contributed by atoms with E-state index in [9.17, 15) is 10.1 Å². The minimum atomic E-state index is -0.170. The van der Waals surface area contributed by atoms with Crippen LogP contribution in [0, 0.1) is 22.7 Å². The fraction of sp³-hybridized carbons (Fsp3) is 0.435. The van der Waals surface area contributed by atoms with Crippen LogP contribution in [0.15, 0.2) is 35.4 Å². The summed E-state index contributed by atoms with van der Waals surface area (Å²) in [6, 6.07) is 11.4. The third-order valence-corrected chi connectivity index (χ3v) is 7.30. The largest absolute Gasteiger partial charge is 0.324 e. The number of nitriles is 1. The molecule has 1 aliphatic carbocycles. The van der Waals surface area contributed by atoms with Gasteiger partial charge in [0.1, 0.15) is 11.1 Å². The molecule has 1 amide bonds. The van der Waals surface area contributed by atoms with Crippen molar-refractivity contribution in [1.29, 1.82) is 5.26 Å². The lowest BCUT2D eigenvalue weighted by atomic mass is 9.69. The number of amides is 1. The lowest BCUT2D eigenvalue weighted by Crippen LogP contribution is -2.29. The summed E-state index contributed by atoms with van der Waals surface area (Å²) in [5.41, 5.74) is 3.68. The van der Waals surface area contributed by atoms with Crippen LogP contribution in [0.1, 0.15) is 50.4 Å². The number of para-hydroxylation sites is 1. The predicted octanol–water partition coefficient (Wildman–Crippen LogP) is 5.88. The molecular weight excluding hydrogens is 402 g/mol. The van der Waals surface area contributed by atoms with Gasteiger partial charge in [0.2, 0.25) is 5.91 Å². The van der Waals surface area contributed by atoms with Crippen molar-refractivity contribution < 1.29 is 4.79 Å². The molecule has 0 radical (unpaired) electrons. The van der Waals surface area contributed by atoms with Gasteiger partial charge in [-0.2, -0.15) is 5.26 Å². The highest BCUT2D eigenvalue weighted by atomic mass is 35.5. The summed E-state index contributed by atoms with van der Waals surface area (Å²) in [5, 5.41) is 13.5. The maximum absolute atomic E-state index is 12.3. The monoisotopic (exact) mass is 427 g/mol. The first kappa shape index (κ1) is 21.7. The molecule has 1 heterocycles. The molecule has 152 valence electrons. The second kappa shape index (κ2) is 9.19. The fourth-order valence-corrected chi connectivity index (χ4v) is 4.63. The number of nitrogens with one attached hydrogen (secondary N) is 1. The summed E-state index contributed by atoms with van der Waals surface area (Å²) in [4.78, 5) is 17.1. The number of halogens is 1. The van der Waals surface area contributed by atoms with E-state index in [0.717, 1.165) is 31.4 Å². The molecule has 1 aromatic carbocycles. The van der Waals surface area contributed by atoms with Gasteiger partial charge in [-0.1, -0.05) is 62.7 Å². The zero-order valence-corrected chi connectivity index (χ0v) is 18.7. The number of benzene rings is 1. The molecule has 0 saturated carbocycles.